The van der Waals surface area contributed by atoms with Crippen LogP contribution in [-0.4, -0.2) is 35.8 Å². The lowest BCUT2D eigenvalue weighted by atomic mass is 10.00. The first-order valence-corrected chi connectivity index (χ1v) is 8.56. The van der Waals surface area contributed by atoms with Gasteiger partial charge < -0.3 is 15.0 Å². The molecule has 0 atom stereocenters. The maximum absolute atomic E-state index is 13.6. The monoisotopic (exact) mass is 383 g/mol. The molecule has 3 aromatic rings. The topological polar surface area (TPSA) is 68.7 Å². The van der Waals surface area contributed by atoms with Crippen LogP contribution in [0, 0.1) is 5.82 Å². The highest BCUT2D eigenvalue weighted by atomic mass is 35.5. The Morgan fingerprint density at radius 3 is 2.56 bits per heavy atom. The molecule has 4 rings (SSSR count). The van der Waals surface area contributed by atoms with E-state index in [1.165, 1.54) is 18.2 Å². The van der Waals surface area contributed by atoms with Crippen molar-refractivity contribution in [1.82, 2.24) is 4.98 Å². The number of nitrogens with zero attached hydrogens (tertiary/aromatic N) is 2. The molecule has 0 saturated carbocycles. The summed E-state index contributed by atoms with van der Waals surface area (Å²) in [7, 11) is 3.75. The van der Waals surface area contributed by atoms with Crippen LogP contribution in [0.15, 0.2) is 47.5 Å². The van der Waals surface area contributed by atoms with Gasteiger partial charge in [-0.1, -0.05) is 29.8 Å². The van der Waals surface area contributed by atoms with E-state index < -0.39 is 11.7 Å². The summed E-state index contributed by atoms with van der Waals surface area (Å²) in [5, 5.41) is 10.9. The van der Waals surface area contributed by atoms with Gasteiger partial charge >= 0.3 is 0 Å². The summed E-state index contributed by atoms with van der Waals surface area (Å²) in [6, 6.07) is 11.1. The first-order valence-electron chi connectivity index (χ1n) is 8.18. The number of anilines is 1. The Hall–Kier alpha value is -3.12. The third kappa shape index (κ3) is 2.78. The molecule has 0 unspecified atom stereocenters. The molecule has 0 aliphatic carbocycles. The Bertz CT molecular complexity index is 1120. The van der Waals surface area contributed by atoms with Gasteiger partial charge in [-0.25, -0.2) is 9.38 Å². The van der Waals surface area contributed by atoms with Gasteiger partial charge in [-0.05, 0) is 24.3 Å². The number of hydrogen-bond acceptors (Lipinski definition) is 3. The zero-order chi connectivity index (χ0) is 19.3. The van der Waals surface area contributed by atoms with Gasteiger partial charge in [-0.3, -0.25) is 4.79 Å². The van der Waals surface area contributed by atoms with Crippen LogP contribution >= 0.6 is 11.6 Å². The van der Waals surface area contributed by atoms with Crippen molar-refractivity contribution < 1.29 is 14.3 Å². The van der Waals surface area contributed by atoms with Gasteiger partial charge in [-0.2, -0.15) is 0 Å². The minimum absolute atomic E-state index is 0.193. The van der Waals surface area contributed by atoms with E-state index in [2.05, 4.69) is 9.98 Å². The molecule has 0 radical (unpaired) electrons. The number of amides is 1. The number of aromatic nitrogens is 1. The minimum Gasteiger partial charge on any atom is -0.494 e. The Morgan fingerprint density at radius 2 is 1.89 bits per heavy atom. The number of fused-ring (bicyclic) bond motifs is 1. The minimum atomic E-state index is -0.497. The largest absolute Gasteiger partial charge is 0.494 e. The lowest BCUT2D eigenvalue weighted by Crippen LogP contribution is -2.10. The molecule has 0 saturated heterocycles. The molecule has 1 aromatic heterocycles. The van der Waals surface area contributed by atoms with Crippen LogP contribution in [0.25, 0.3) is 11.3 Å². The molecule has 136 valence electrons. The summed E-state index contributed by atoms with van der Waals surface area (Å²) < 4.78 is 13.6. The van der Waals surface area contributed by atoms with Crippen molar-refractivity contribution in [3.8, 4) is 17.1 Å². The Morgan fingerprint density at radius 1 is 1.11 bits per heavy atom. The molecule has 27 heavy (non-hydrogen) atoms. The van der Waals surface area contributed by atoms with E-state index >= 15 is 0 Å². The summed E-state index contributed by atoms with van der Waals surface area (Å²) in [6.45, 7) is 0. The average Bonchev–Trinajstić information content (AvgIpc) is 3.13. The van der Waals surface area contributed by atoms with E-state index in [-0.39, 0.29) is 11.4 Å². The van der Waals surface area contributed by atoms with E-state index in [0.29, 0.717) is 33.1 Å². The van der Waals surface area contributed by atoms with Gasteiger partial charge in [-0.15, -0.1) is 0 Å². The molecule has 5 nitrogen and oxygen atoms in total. The average molecular weight is 384 g/mol. The second kappa shape index (κ2) is 6.25. The van der Waals surface area contributed by atoms with E-state index in [1.807, 2.05) is 25.1 Å². The number of aliphatic imine (C=N–C) groups is 1. The van der Waals surface area contributed by atoms with Gasteiger partial charge in [0.15, 0.2) is 5.88 Å². The van der Waals surface area contributed by atoms with E-state index in [4.69, 9.17) is 11.6 Å². The maximum Gasteiger partial charge on any atom is 0.280 e. The normalized spacial score (nSPS) is 12.9. The summed E-state index contributed by atoms with van der Waals surface area (Å²) in [4.78, 5) is 21.3. The molecular formula is C20H15ClFN3O2. The molecule has 0 spiro atoms. The quantitative estimate of drug-likeness (QED) is 0.710. The smallest absolute Gasteiger partial charge is 0.280 e. The zero-order valence-corrected chi connectivity index (χ0v) is 15.3. The third-order valence-corrected chi connectivity index (χ3v) is 4.76. The number of rotatable bonds is 3. The van der Waals surface area contributed by atoms with Crippen LogP contribution in [0.5, 0.6) is 5.88 Å². The Balaban J connectivity index is 1.85. The van der Waals surface area contributed by atoms with Crippen molar-refractivity contribution >= 4 is 28.9 Å². The molecular weight excluding hydrogens is 369 g/mol. The molecule has 0 fully saturated rings. The van der Waals surface area contributed by atoms with Gasteiger partial charge in [0.05, 0.1) is 33.2 Å². The van der Waals surface area contributed by atoms with Gasteiger partial charge in [0.2, 0.25) is 0 Å². The second-order valence-corrected chi connectivity index (χ2v) is 6.84. The van der Waals surface area contributed by atoms with Gasteiger partial charge in [0.1, 0.15) is 5.82 Å². The van der Waals surface area contributed by atoms with Crippen molar-refractivity contribution in [3.63, 3.8) is 0 Å². The van der Waals surface area contributed by atoms with Crippen molar-refractivity contribution in [1.29, 1.82) is 0 Å². The molecule has 2 N–H and O–H groups in total. The molecule has 1 amide bonds. The highest BCUT2D eigenvalue weighted by Gasteiger charge is 2.33. The predicted octanol–water partition coefficient (Wildman–Crippen LogP) is 4.24. The highest BCUT2D eigenvalue weighted by Crippen LogP contribution is 2.39. The van der Waals surface area contributed by atoms with Crippen molar-refractivity contribution in [2.75, 3.05) is 19.0 Å². The molecule has 2 heterocycles. The van der Waals surface area contributed by atoms with Crippen molar-refractivity contribution in [3.05, 3.63) is 70.0 Å². The number of carbonyl (C=O) groups is 1. The lowest BCUT2D eigenvalue weighted by molar-refractivity contribution is 0.101. The third-order valence-electron chi connectivity index (χ3n) is 4.46. The van der Waals surface area contributed by atoms with Crippen LogP contribution in [0.2, 0.25) is 5.02 Å². The second-order valence-electron chi connectivity index (χ2n) is 6.44. The van der Waals surface area contributed by atoms with Crippen LogP contribution < -0.4 is 4.90 Å². The fourth-order valence-corrected chi connectivity index (χ4v) is 3.58. The van der Waals surface area contributed by atoms with Gasteiger partial charge in [0, 0.05) is 25.2 Å². The number of benzene rings is 2. The number of aromatic amines is 1. The number of H-pyrrole nitrogens is 1. The Kier molecular flexibility index (Phi) is 4.00. The van der Waals surface area contributed by atoms with E-state index in [9.17, 15) is 14.3 Å². The van der Waals surface area contributed by atoms with E-state index in [0.717, 1.165) is 5.69 Å². The first kappa shape index (κ1) is 17.3. The van der Waals surface area contributed by atoms with Crippen molar-refractivity contribution in [2.45, 2.75) is 0 Å². The lowest BCUT2D eigenvalue weighted by Gasteiger charge is -2.15. The van der Waals surface area contributed by atoms with Crippen LogP contribution in [0.1, 0.15) is 21.5 Å². The predicted molar refractivity (Wildman–Crippen MR) is 104 cm³/mol. The summed E-state index contributed by atoms with van der Waals surface area (Å²) >= 11 is 6.33. The fraction of sp³-hybridized carbons (Fsp3) is 0.100. The zero-order valence-electron chi connectivity index (χ0n) is 14.5. The molecule has 7 heteroatoms. The summed E-state index contributed by atoms with van der Waals surface area (Å²) in [5.41, 5.74) is 3.08. The number of halogens is 2. The molecule has 1 aliphatic heterocycles. The van der Waals surface area contributed by atoms with Crippen LogP contribution in [0.3, 0.4) is 0 Å². The number of nitrogens with one attached hydrogen (secondary N) is 1. The number of hydrogen-bond donors (Lipinski definition) is 2. The van der Waals surface area contributed by atoms with Gasteiger partial charge in [0.25, 0.3) is 5.91 Å². The van der Waals surface area contributed by atoms with Crippen LogP contribution in [-0.2, 0) is 0 Å². The van der Waals surface area contributed by atoms with Crippen molar-refractivity contribution in [2.24, 2.45) is 4.99 Å². The molecule has 1 aliphatic rings. The standard InChI is InChI=1S/C20H15ClFN3O2/c1-25(2)14-7-6-11(9-13(14)21)18-16-15(19(26)24-18)17(23-20(16)27)10-4-3-5-12(22)8-10/h3-9,23,27H,1-2H3. The maximum atomic E-state index is 13.6. The fourth-order valence-electron chi connectivity index (χ4n) is 3.23. The number of aromatic hydroxyl groups is 1. The van der Waals surface area contributed by atoms with E-state index in [1.54, 1.807) is 18.2 Å². The van der Waals surface area contributed by atoms with Crippen LogP contribution in [0.4, 0.5) is 10.1 Å². The number of carbonyl (C=O) groups excluding carboxylic acids is 1. The first-order chi connectivity index (χ1) is 12.9. The molecule has 2 aromatic carbocycles. The SMILES string of the molecule is CN(C)c1ccc(C2=NC(=O)c3c(-c4cccc(F)c4)[nH]c(O)c32)cc1Cl. The molecule has 0 bridgehead atoms. The highest BCUT2D eigenvalue weighted by molar-refractivity contribution is 6.35. The summed E-state index contributed by atoms with van der Waals surface area (Å²) in [5.74, 6) is -1.13. The summed E-state index contributed by atoms with van der Waals surface area (Å²) in [6.07, 6.45) is 0. The Labute approximate surface area is 159 Å².